The molecule has 1 atom stereocenters. The molecule has 182 valence electrons. The summed E-state index contributed by atoms with van der Waals surface area (Å²) in [7, 11) is 2.13. The zero-order valence-corrected chi connectivity index (χ0v) is 21.2. The standard InChI is InChI=1S/C27H32N6OS/c1-21-9-3-4-10-22(21)20-35-27-30-29-26(33(27)18-24-12-8-16-34-24)19-31(2)17-23-11-7-15-32(23)25-13-5-6-14-28-25/h3-7,9-11,13-15,24H,8,12,16-20H2,1-2H3/t24-/m1/s1. The molecule has 0 amide bonds. The van der Waals surface area contributed by atoms with Crippen LogP contribution in [0.3, 0.4) is 0 Å². The highest BCUT2D eigenvalue weighted by atomic mass is 32.2. The van der Waals surface area contributed by atoms with Gasteiger partial charge in [-0.1, -0.05) is 42.1 Å². The van der Waals surface area contributed by atoms with Crippen LogP contribution in [0, 0.1) is 6.92 Å². The van der Waals surface area contributed by atoms with E-state index >= 15 is 0 Å². The maximum Gasteiger partial charge on any atom is 0.191 e. The number of thioether (sulfide) groups is 1. The molecule has 3 aromatic heterocycles. The Hall–Kier alpha value is -2.94. The van der Waals surface area contributed by atoms with Crippen molar-refractivity contribution in [2.45, 2.75) is 56.4 Å². The van der Waals surface area contributed by atoms with Crippen LogP contribution in [0.25, 0.3) is 5.82 Å². The first-order valence-corrected chi connectivity index (χ1v) is 13.1. The SMILES string of the molecule is Cc1ccccc1CSc1nnc(CN(C)Cc2cccn2-c2ccccn2)n1C[C@H]1CCCO1. The van der Waals surface area contributed by atoms with Crippen LogP contribution in [-0.2, 0) is 30.1 Å². The number of benzene rings is 1. The lowest BCUT2D eigenvalue weighted by Crippen LogP contribution is -2.24. The van der Waals surface area contributed by atoms with Crippen molar-refractivity contribution in [3.63, 3.8) is 0 Å². The van der Waals surface area contributed by atoms with Gasteiger partial charge in [-0.3, -0.25) is 4.90 Å². The molecular formula is C27H32N6OS. The van der Waals surface area contributed by atoms with Crippen LogP contribution < -0.4 is 0 Å². The monoisotopic (exact) mass is 488 g/mol. The molecule has 1 fully saturated rings. The van der Waals surface area contributed by atoms with Crippen molar-refractivity contribution in [3.8, 4) is 5.82 Å². The second-order valence-corrected chi connectivity index (χ2v) is 10.0. The van der Waals surface area contributed by atoms with E-state index in [4.69, 9.17) is 4.74 Å². The van der Waals surface area contributed by atoms with Crippen molar-refractivity contribution in [1.29, 1.82) is 0 Å². The predicted molar refractivity (Wildman–Crippen MR) is 138 cm³/mol. The molecule has 0 spiro atoms. The normalized spacial score (nSPS) is 15.8. The van der Waals surface area contributed by atoms with Gasteiger partial charge in [0.1, 0.15) is 11.6 Å². The number of rotatable bonds is 10. The van der Waals surface area contributed by atoms with Crippen LogP contribution in [0.1, 0.15) is 35.5 Å². The Labute approximate surface area is 211 Å². The van der Waals surface area contributed by atoms with Gasteiger partial charge in [0.2, 0.25) is 0 Å². The number of nitrogens with zero attached hydrogens (tertiary/aromatic N) is 6. The minimum atomic E-state index is 0.231. The van der Waals surface area contributed by atoms with Gasteiger partial charge in [0, 0.05) is 37.0 Å². The summed E-state index contributed by atoms with van der Waals surface area (Å²) in [5.74, 6) is 2.78. The topological polar surface area (TPSA) is 61.0 Å². The van der Waals surface area contributed by atoms with E-state index in [0.29, 0.717) is 6.54 Å². The van der Waals surface area contributed by atoms with Crippen LogP contribution in [0.15, 0.2) is 72.1 Å². The van der Waals surface area contributed by atoms with Gasteiger partial charge < -0.3 is 13.9 Å². The molecule has 5 rings (SSSR count). The summed E-state index contributed by atoms with van der Waals surface area (Å²) in [5.41, 5.74) is 3.82. The Morgan fingerprint density at radius 2 is 1.94 bits per heavy atom. The molecule has 1 saturated heterocycles. The van der Waals surface area contributed by atoms with E-state index in [9.17, 15) is 0 Å². The molecule has 0 saturated carbocycles. The number of ether oxygens (including phenoxy) is 1. The van der Waals surface area contributed by atoms with Gasteiger partial charge >= 0.3 is 0 Å². The highest BCUT2D eigenvalue weighted by molar-refractivity contribution is 7.98. The lowest BCUT2D eigenvalue weighted by Gasteiger charge is -2.20. The molecule has 0 aliphatic carbocycles. The van der Waals surface area contributed by atoms with Crippen LogP contribution in [-0.4, -0.2) is 49.0 Å². The van der Waals surface area contributed by atoms with E-state index in [1.54, 1.807) is 11.8 Å². The smallest absolute Gasteiger partial charge is 0.191 e. The summed E-state index contributed by atoms with van der Waals surface area (Å²) in [4.78, 5) is 6.78. The van der Waals surface area contributed by atoms with Crippen molar-refractivity contribution in [2.24, 2.45) is 0 Å². The van der Waals surface area contributed by atoms with Crippen molar-refractivity contribution in [2.75, 3.05) is 13.7 Å². The van der Waals surface area contributed by atoms with Crippen molar-refractivity contribution in [3.05, 3.63) is 89.6 Å². The Morgan fingerprint density at radius 3 is 2.74 bits per heavy atom. The van der Waals surface area contributed by atoms with Gasteiger partial charge in [-0.05, 0) is 62.2 Å². The third-order valence-electron chi connectivity index (χ3n) is 6.39. The minimum absolute atomic E-state index is 0.231. The zero-order chi connectivity index (χ0) is 24.0. The molecule has 8 heteroatoms. The summed E-state index contributed by atoms with van der Waals surface area (Å²) < 4.78 is 10.4. The third kappa shape index (κ3) is 5.83. The van der Waals surface area contributed by atoms with Crippen LogP contribution in [0.5, 0.6) is 0 Å². The number of aryl methyl sites for hydroxylation is 1. The number of aromatic nitrogens is 5. The fourth-order valence-electron chi connectivity index (χ4n) is 4.47. The van der Waals surface area contributed by atoms with Crippen LogP contribution >= 0.6 is 11.8 Å². The second kappa shape index (κ2) is 11.2. The molecule has 0 bridgehead atoms. The Morgan fingerprint density at radius 1 is 1.06 bits per heavy atom. The quantitative estimate of drug-likeness (QED) is 0.297. The molecule has 7 nitrogen and oxygen atoms in total. The molecule has 0 N–H and O–H groups in total. The summed E-state index contributed by atoms with van der Waals surface area (Å²) >= 11 is 1.75. The van der Waals surface area contributed by atoms with Gasteiger partial charge in [-0.2, -0.15) is 0 Å². The number of hydrogen-bond acceptors (Lipinski definition) is 6. The average molecular weight is 489 g/mol. The highest BCUT2D eigenvalue weighted by Gasteiger charge is 2.22. The number of pyridine rings is 1. The minimum Gasteiger partial charge on any atom is -0.376 e. The lowest BCUT2D eigenvalue weighted by atomic mass is 10.1. The maximum atomic E-state index is 5.96. The zero-order valence-electron chi connectivity index (χ0n) is 20.4. The molecule has 0 unspecified atom stereocenters. The fraction of sp³-hybridized carbons (Fsp3) is 0.370. The van der Waals surface area contributed by atoms with E-state index in [1.165, 1.54) is 16.8 Å². The van der Waals surface area contributed by atoms with Crippen molar-refractivity contribution in [1.82, 2.24) is 29.2 Å². The van der Waals surface area contributed by atoms with Crippen molar-refractivity contribution >= 4 is 11.8 Å². The van der Waals surface area contributed by atoms with E-state index in [2.05, 4.69) is 85.8 Å². The number of hydrogen-bond donors (Lipinski definition) is 0. The first-order valence-electron chi connectivity index (χ1n) is 12.1. The highest BCUT2D eigenvalue weighted by Crippen LogP contribution is 2.26. The van der Waals surface area contributed by atoms with Gasteiger partial charge in [-0.25, -0.2) is 4.98 Å². The van der Waals surface area contributed by atoms with E-state index in [1.807, 2.05) is 24.4 Å². The summed E-state index contributed by atoms with van der Waals surface area (Å²) in [6, 6.07) is 18.7. The lowest BCUT2D eigenvalue weighted by molar-refractivity contribution is 0.0934. The molecule has 4 aromatic rings. The van der Waals surface area contributed by atoms with Gasteiger partial charge in [0.15, 0.2) is 5.16 Å². The predicted octanol–water partition coefficient (Wildman–Crippen LogP) is 4.88. The molecule has 35 heavy (non-hydrogen) atoms. The van der Waals surface area contributed by atoms with Crippen molar-refractivity contribution < 1.29 is 4.74 Å². The Bertz CT molecular complexity index is 1230. The van der Waals surface area contributed by atoms with Gasteiger partial charge in [0.05, 0.1) is 19.2 Å². The average Bonchev–Trinajstić information content (AvgIpc) is 3.63. The summed E-state index contributed by atoms with van der Waals surface area (Å²) in [5, 5.41) is 10.2. The van der Waals surface area contributed by atoms with E-state index in [0.717, 1.165) is 55.1 Å². The van der Waals surface area contributed by atoms with Crippen LogP contribution in [0.4, 0.5) is 0 Å². The summed E-state index contributed by atoms with van der Waals surface area (Å²) in [6.07, 6.45) is 6.33. The first-order chi connectivity index (χ1) is 17.2. The summed E-state index contributed by atoms with van der Waals surface area (Å²) in [6.45, 7) is 5.29. The molecular weight excluding hydrogens is 456 g/mol. The molecule has 0 radical (unpaired) electrons. The fourth-order valence-corrected chi connectivity index (χ4v) is 5.51. The third-order valence-corrected chi connectivity index (χ3v) is 7.41. The molecule has 1 aromatic carbocycles. The van der Waals surface area contributed by atoms with Gasteiger partial charge in [0.25, 0.3) is 0 Å². The molecule has 4 heterocycles. The molecule has 1 aliphatic rings. The van der Waals surface area contributed by atoms with E-state index < -0.39 is 0 Å². The first kappa shape index (κ1) is 23.8. The largest absolute Gasteiger partial charge is 0.376 e. The van der Waals surface area contributed by atoms with Gasteiger partial charge in [-0.15, -0.1) is 10.2 Å². The molecule has 1 aliphatic heterocycles. The Kier molecular flexibility index (Phi) is 7.61. The maximum absolute atomic E-state index is 5.96. The second-order valence-electron chi connectivity index (χ2n) is 9.09. The van der Waals surface area contributed by atoms with Crippen LogP contribution in [0.2, 0.25) is 0 Å². The van der Waals surface area contributed by atoms with E-state index in [-0.39, 0.29) is 6.10 Å². The Balaban J connectivity index is 1.31.